The van der Waals surface area contributed by atoms with Gasteiger partial charge in [-0.2, -0.15) is 0 Å². The van der Waals surface area contributed by atoms with Gasteiger partial charge in [0.25, 0.3) is 0 Å². The Morgan fingerprint density at radius 1 is 1.29 bits per heavy atom. The van der Waals surface area contributed by atoms with E-state index in [-0.39, 0.29) is 42.2 Å². The summed E-state index contributed by atoms with van der Waals surface area (Å²) in [6.45, 7) is 9.09. The number of guanidine groups is 1. The van der Waals surface area contributed by atoms with Crippen molar-refractivity contribution in [2.24, 2.45) is 4.99 Å². The summed E-state index contributed by atoms with van der Waals surface area (Å²) in [6.07, 6.45) is -0.243. The third-order valence-corrected chi connectivity index (χ3v) is 5.43. The predicted molar refractivity (Wildman–Crippen MR) is 133 cm³/mol. The van der Waals surface area contributed by atoms with Gasteiger partial charge < -0.3 is 29.5 Å². The highest BCUT2D eigenvalue weighted by molar-refractivity contribution is 14.0. The van der Waals surface area contributed by atoms with Crippen molar-refractivity contribution in [2.75, 3.05) is 53.9 Å². The molecule has 9 heteroatoms. The molecule has 1 aromatic rings. The summed E-state index contributed by atoms with van der Waals surface area (Å²) < 4.78 is 11.1. The van der Waals surface area contributed by atoms with Crippen molar-refractivity contribution in [2.45, 2.75) is 38.5 Å². The number of piperazine rings is 1. The van der Waals surface area contributed by atoms with Crippen LogP contribution < -0.4 is 10.1 Å². The fraction of sp³-hybridized carbons (Fsp3) is 0.636. The molecule has 0 saturated carbocycles. The van der Waals surface area contributed by atoms with Crippen LogP contribution in [-0.2, 0) is 4.74 Å². The number of amides is 1. The number of nitrogens with zero attached hydrogens (tertiary/aromatic N) is 4. The third-order valence-electron chi connectivity index (χ3n) is 5.43. The van der Waals surface area contributed by atoms with Gasteiger partial charge in [0.1, 0.15) is 11.4 Å². The maximum absolute atomic E-state index is 12.4. The van der Waals surface area contributed by atoms with Crippen molar-refractivity contribution < 1.29 is 14.3 Å². The number of hydrogen-bond donors (Lipinski definition) is 1. The standard InChI is InChI=1S/C22H35N5O3.HI/c1-22(2,3)30-21(28)26-11-12-27-16(15-26)13-23-20(27)24-14-18(25(4)5)17-9-7-8-10-19(17)29-6;/h7-10,16,18H,11-15H2,1-6H3,(H,23,24);1H. The second-order valence-corrected chi connectivity index (χ2v) is 9.04. The van der Waals surface area contributed by atoms with Crippen molar-refractivity contribution in [3.63, 3.8) is 0 Å². The number of aliphatic imine (C=N–C) groups is 1. The number of fused-ring (bicyclic) bond motifs is 1. The number of likely N-dealkylation sites (N-methyl/N-ethyl adjacent to an activating group) is 1. The number of carbonyl (C=O) groups is 1. The summed E-state index contributed by atoms with van der Waals surface area (Å²) in [4.78, 5) is 23.4. The molecule has 1 amide bonds. The second-order valence-electron chi connectivity index (χ2n) is 9.04. The van der Waals surface area contributed by atoms with Gasteiger partial charge in [0.15, 0.2) is 5.96 Å². The Labute approximate surface area is 203 Å². The van der Waals surface area contributed by atoms with Crippen LogP contribution in [0.25, 0.3) is 0 Å². The first-order chi connectivity index (χ1) is 14.2. The fourth-order valence-electron chi connectivity index (χ4n) is 3.92. The summed E-state index contributed by atoms with van der Waals surface area (Å²) in [5.41, 5.74) is 0.662. The minimum Gasteiger partial charge on any atom is -0.496 e. The van der Waals surface area contributed by atoms with Gasteiger partial charge in [-0.3, -0.25) is 4.99 Å². The highest BCUT2D eigenvalue weighted by Gasteiger charge is 2.36. The number of benzene rings is 1. The van der Waals surface area contributed by atoms with Gasteiger partial charge in [0.2, 0.25) is 0 Å². The molecular weight excluding hydrogens is 509 g/mol. The maximum atomic E-state index is 12.4. The predicted octanol–water partition coefficient (Wildman–Crippen LogP) is 2.80. The molecule has 1 fully saturated rings. The van der Waals surface area contributed by atoms with Crippen LogP contribution in [0.15, 0.2) is 29.3 Å². The Morgan fingerprint density at radius 2 is 2.00 bits per heavy atom. The highest BCUT2D eigenvalue weighted by atomic mass is 127. The second kappa shape index (κ2) is 10.7. The van der Waals surface area contributed by atoms with Gasteiger partial charge >= 0.3 is 6.09 Å². The molecule has 1 N–H and O–H groups in total. The number of methoxy groups -OCH3 is 1. The lowest BCUT2D eigenvalue weighted by Crippen LogP contribution is -2.58. The van der Waals surface area contributed by atoms with Crippen LogP contribution in [0.3, 0.4) is 0 Å². The minimum atomic E-state index is -0.479. The Kier molecular flexibility index (Phi) is 8.82. The molecule has 1 saturated heterocycles. The first-order valence-corrected chi connectivity index (χ1v) is 10.5. The van der Waals surface area contributed by atoms with Crippen molar-refractivity contribution in [3.05, 3.63) is 29.8 Å². The molecule has 174 valence electrons. The van der Waals surface area contributed by atoms with Crippen LogP contribution in [0, 0.1) is 0 Å². The van der Waals surface area contributed by atoms with E-state index in [0.29, 0.717) is 26.2 Å². The number of para-hydroxylation sites is 1. The van der Waals surface area contributed by atoms with Gasteiger partial charge in [0, 0.05) is 31.7 Å². The van der Waals surface area contributed by atoms with Gasteiger partial charge in [-0.05, 0) is 40.9 Å². The van der Waals surface area contributed by atoms with E-state index in [2.05, 4.69) is 35.3 Å². The zero-order valence-electron chi connectivity index (χ0n) is 19.4. The van der Waals surface area contributed by atoms with Crippen molar-refractivity contribution >= 4 is 36.0 Å². The molecule has 3 rings (SSSR count). The molecule has 31 heavy (non-hydrogen) atoms. The van der Waals surface area contributed by atoms with E-state index in [1.54, 1.807) is 12.0 Å². The lowest BCUT2D eigenvalue weighted by atomic mass is 10.0. The van der Waals surface area contributed by atoms with Gasteiger partial charge in [-0.1, -0.05) is 18.2 Å². The molecule has 0 aliphatic carbocycles. The molecule has 0 aromatic heterocycles. The van der Waals surface area contributed by atoms with E-state index in [1.807, 2.05) is 39.0 Å². The molecule has 1 aromatic carbocycles. The highest BCUT2D eigenvalue weighted by Crippen LogP contribution is 2.27. The number of carbonyl (C=O) groups excluding carboxylic acids is 1. The van der Waals surface area contributed by atoms with E-state index < -0.39 is 5.60 Å². The van der Waals surface area contributed by atoms with E-state index in [0.717, 1.165) is 23.8 Å². The molecule has 0 radical (unpaired) electrons. The largest absolute Gasteiger partial charge is 0.496 e. The van der Waals surface area contributed by atoms with E-state index in [9.17, 15) is 4.79 Å². The summed E-state index contributed by atoms with van der Waals surface area (Å²) in [5, 5.41) is 3.54. The number of rotatable bonds is 5. The number of nitrogens with one attached hydrogen (secondary N) is 1. The average molecular weight is 545 g/mol. The van der Waals surface area contributed by atoms with Gasteiger partial charge in [-0.15, -0.1) is 24.0 Å². The van der Waals surface area contributed by atoms with E-state index >= 15 is 0 Å². The quantitative estimate of drug-likeness (QED) is 0.575. The lowest BCUT2D eigenvalue weighted by Gasteiger charge is -2.39. The molecular formula is C22H36IN5O3. The third kappa shape index (κ3) is 6.38. The van der Waals surface area contributed by atoms with Crippen molar-refractivity contribution in [3.8, 4) is 5.75 Å². The van der Waals surface area contributed by atoms with Gasteiger partial charge in [-0.25, -0.2) is 4.79 Å². The zero-order valence-corrected chi connectivity index (χ0v) is 21.8. The Morgan fingerprint density at radius 3 is 2.65 bits per heavy atom. The van der Waals surface area contributed by atoms with E-state index in [4.69, 9.17) is 14.5 Å². The average Bonchev–Trinajstić information content (AvgIpc) is 3.09. The summed E-state index contributed by atoms with van der Waals surface area (Å²) >= 11 is 0. The SMILES string of the molecule is COc1ccccc1C(CNC1=NCC2CN(C(=O)OC(C)(C)C)CCN12)N(C)C.I. The Bertz CT molecular complexity index is 781. The molecule has 2 unspecified atom stereocenters. The molecule has 8 nitrogen and oxygen atoms in total. The monoisotopic (exact) mass is 545 g/mol. The summed E-state index contributed by atoms with van der Waals surface area (Å²) in [5.74, 6) is 1.79. The minimum absolute atomic E-state index is 0. The smallest absolute Gasteiger partial charge is 0.410 e. The van der Waals surface area contributed by atoms with Crippen LogP contribution in [0.1, 0.15) is 32.4 Å². The van der Waals surface area contributed by atoms with Crippen LogP contribution >= 0.6 is 24.0 Å². The van der Waals surface area contributed by atoms with Gasteiger partial charge in [0.05, 0.1) is 25.7 Å². The maximum Gasteiger partial charge on any atom is 0.410 e. The van der Waals surface area contributed by atoms with Crippen molar-refractivity contribution in [1.29, 1.82) is 0 Å². The summed E-state index contributed by atoms with van der Waals surface area (Å²) in [7, 11) is 5.84. The molecule has 0 spiro atoms. The summed E-state index contributed by atoms with van der Waals surface area (Å²) in [6, 6.07) is 8.45. The topological polar surface area (TPSA) is 69.6 Å². The van der Waals surface area contributed by atoms with Crippen LogP contribution in [0.4, 0.5) is 4.79 Å². The molecule has 0 bridgehead atoms. The zero-order chi connectivity index (χ0) is 21.9. The number of ether oxygens (including phenoxy) is 2. The Balaban J connectivity index is 0.00000341. The van der Waals surface area contributed by atoms with Crippen LogP contribution in [-0.4, -0.2) is 92.3 Å². The molecule has 2 aliphatic heterocycles. The fourth-order valence-corrected chi connectivity index (χ4v) is 3.92. The van der Waals surface area contributed by atoms with Crippen LogP contribution in [0.2, 0.25) is 0 Å². The molecule has 2 heterocycles. The normalized spacial score (nSPS) is 19.3. The first-order valence-electron chi connectivity index (χ1n) is 10.5. The van der Waals surface area contributed by atoms with Crippen molar-refractivity contribution in [1.82, 2.24) is 20.0 Å². The number of hydrogen-bond acceptors (Lipinski definition) is 7. The molecule has 2 aliphatic rings. The first kappa shape index (κ1) is 25.5. The lowest BCUT2D eigenvalue weighted by molar-refractivity contribution is 0.0137. The van der Waals surface area contributed by atoms with Crippen LogP contribution in [0.5, 0.6) is 5.75 Å². The molecule has 2 atom stereocenters. The number of halogens is 1. The van der Waals surface area contributed by atoms with E-state index in [1.165, 1.54) is 0 Å². The Hall–Kier alpha value is -1.75.